The third-order valence-corrected chi connectivity index (χ3v) is 6.86. The van der Waals surface area contributed by atoms with E-state index in [2.05, 4.69) is 23.7 Å². The molecule has 20 heavy (non-hydrogen) atoms. The minimum Gasteiger partial charge on any atom is -0.307 e. The Bertz CT molecular complexity index is 466. The molecule has 0 spiro atoms. The van der Waals surface area contributed by atoms with Crippen molar-refractivity contribution in [2.45, 2.75) is 54.3 Å². The zero-order chi connectivity index (χ0) is 13.9. The molecule has 0 saturated heterocycles. The maximum atomic E-state index is 6.19. The van der Waals surface area contributed by atoms with Gasteiger partial charge >= 0.3 is 0 Å². The molecule has 1 aliphatic carbocycles. The smallest absolute Gasteiger partial charge is 0.0410 e. The second-order valence-electron chi connectivity index (χ2n) is 5.76. The molecule has 3 rings (SSSR count). The summed E-state index contributed by atoms with van der Waals surface area (Å²) in [7, 11) is 0. The first-order valence-electron chi connectivity index (χ1n) is 7.47. The van der Waals surface area contributed by atoms with Crippen molar-refractivity contribution >= 4 is 35.1 Å². The van der Waals surface area contributed by atoms with E-state index in [1.54, 1.807) is 0 Å². The molecule has 0 amide bonds. The van der Waals surface area contributed by atoms with Crippen LogP contribution in [0.3, 0.4) is 0 Å². The summed E-state index contributed by atoms with van der Waals surface area (Å²) in [5, 5.41) is 5.63. The van der Waals surface area contributed by atoms with Crippen LogP contribution < -0.4 is 5.32 Å². The van der Waals surface area contributed by atoms with Crippen LogP contribution in [0.15, 0.2) is 23.1 Å². The zero-order valence-electron chi connectivity index (χ0n) is 11.9. The molecule has 2 aliphatic rings. The standard InChI is InChI=1S/C16H22ClNS2/c1-19-13-4-2-3-12(10-13)18-15-7-8-20-16-6-5-11(17)9-14(15)16/h5-6,9,12-13,15,18H,2-4,7-8,10H2,1H3. The summed E-state index contributed by atoms with van der Waals surface area (Å²) in [6.45, 7) is 0. The molecule has 1 N–H and O–H groups in total. The quantitative estimate of drug-likeness (QED) is 0.825. The van der Waals surface area contributed by atoms with Crippen LogP contribution in [-0.4, -0.2) is 23.3 Å². The van der Waals surface area contributed by atoms with E-state index in [1.807, 2.05) is 29.6 Å². The molecule has 3 unspecified atom stereocenters. The lowest BCUT2D eigenvalue weighted by atomic mass is 9.93. The van der Waals surface area contributed by atoms with Gasteiger partial charge < -0.3 is 5.32 Å². The number of nitrogens with one attached hydrogen (secondary N) is 1. The van der Waals surface area contributed by atoms with E-state index in [1.165, 1.54) is 48.3 Å². The van der Waals surface area contributed by atoms with Gasteiger partial charge in [-0.15, -0.1) is 11.8 Å². The fraction of sp³-hybridized carbons (Fsp3) is 0.625. The highest BCUT2D eigenvalue weighted by Gasteiger charge is 2.27. The summed E-state index contributed by atoms with van der Waals surface area (Å²) < 4.78 is 0. The molecule has 1 nitrogen and oxygen atoms in total. The van der Waals surface area contributed by atoms with Crippen LogP contribution in [-0.2, 0) is 0 Å². The number of rotatable bonds is 3. The lowest BCUT2D eigenvalue weighted by Gasteiger charge is -2.34. The van der Waals surface area contributed by atoms with Gasteiger partial charge in [-0.25, -0.2) is 0 Å². The number of thioether (sulfide) groups is 2. The van der Waals surface area contributed by atoms with Gasteiger partial charge in [0.15, 0.2) is 0 Å². The minimum absolute atomic E-state index is 0.496. The highest BCUT2D eigenvalue weighted by molar-refractivity contribution is 7.99. The molecule has 1 fully saturated rings. The van der Waals surface area contributed by atoms with Gasteiger partial charge in [-0.1, -0.05) is 18.0 Å². The van der Waals surface area contributed by atoms with Crippen LogP contribution >= 0.6 is 35.1 Å². The Morgan fingerprint density at radius 2 is 2.20 bits per heavy atom. The van der Waals surface area contributed by atoms with E-state index >= 15 is 0 Å². The molecule has 1 aliphatic heterocycles. The van der Waals surface area contributed by atoms with Crippen LogP contribution in [0.5, 0.6) is 0 Å². The Labute approximate surface area is 135 Å². The van der Waals surface area contributed by atoms with Gasteiger partial charge in [0, 0.05) is 27.3 Å². The van der Waals surface area contributed by atoms with Crippen molar-refractivity contribution < 1.29 is 0 Å². The molecule has 0 bridgehead atoms. The summed E-state index contributed by atoms with van der Waals surface area (Å²) in [6, 6.07) is 7.54. The van der Waals surface area contributed by atoms with Gasteiger partial charge in [-0.05, 0) is 61.5 Å². The monoisotopic (exact) mass is 327 g/mol. The summed E-state index contributed by atoms with van der Waals surface area (Å²) >= 11 is 10.2. The highest BCUT2D eigenvalue weighted by atomic mass is 35.5. The average molecular weight is 328 g/mol. The van der Waals surface area contributed by atoms with Crippen LogP contribution in [0.2, 0.25) is 5.02 Å². The second-order valence-corrected chi connectivity index (χ2v) is 8.47. The van der Waals surface area contributed by atoms with Gasteiger partial charge in [-0.2, -0.15) is 11.8 Å². The van der Waals surface area contributed by atoms with Crippen molar-refractivity contribution in [3.05, 3.63) is 28.8 Å². The number of benzene rings is 1. The van der Waals surface area contributed by atoms with Crippen LogP contribution in [0.25, 0.3) is 0 Å². The van der Waals surface area contributed by atoms with Gasteiger partial charge in [0.25, 0.3) is 0 Å². The Hall–Kier alpha value is 0.170. The van der Waals surface area contributed by atoms with E-state index in [0.717, 1.165) is 10.3 Å². The number of fused-ring (bicyclic) bond motifs is 1. The van der Waals surface area contributed by atoms with Crippen molar-refractivity contribution in [1.29, 1.82) is 0 Å². The topological polar surface area (TPSA) is 12.0 Å². The summed E-state index contributed by atoms with van der Waals surface area (Å²) in [5.74, 6) is 1.21. The van der Waals surface area contributed by atoms with E-state index in [4.69, 9.17) is 11.6 Å². The van der Waals surface area contributed by atoms with Gasteiger partial charge in [0.1, 0.15) is 0 Å². The fourth-order valence-corrected chi connectivity index (χ4v) is 5.45. The van der Waals surface area contributed by atoms with Gasteiger partial charge in [0.2, 0.25) is 0 Å². The SMILES string of the molecule is CSC1CCCC(NC2CCSc3ccc(Cl)cc32)C1. The molecule has 3 atom stereocenters. The molecular formula is C16H22ClNS2. The predicted octanol–water partition coefficient (Wildman–Crippen LogP) is 5.14. The lowest BCUT2D eigenvalue weighted by Crippen LogP contribution is -2.38. The van der Waals surface area contributed by atoms with Crippen LogP contribution in [0.4, 0.5) is 0 Å². The maximum absolute atomic E-state index is 6.19. The Morgan fingerprint density at radius 1 is 1.30 bits per heavy atom. The first kappa shape index (κ1) is 15.1. The molecule has 1 heterocycles. The van der Waals surface area contributed by atoms with Crippen molar-refractivity contribution in [3.8, 4) is 0 Å². The second kappa shape index (κ2) is 6.95. The predicted molar refractivity (Wildman–Crippen MR) is 92.2 cm³/mol. The number of halogens is 1. The third-order valence-electron chi connectivity index (χ3n) is 4.41. The Kier molecular flexibility index (Phi) is 5.24. The Morgan fingerprint density at radius 3 is 3.05 bits per heavy atom. The maximum Gasteiger partial charge on any atom is 0.0410 e. The summed E-state index contributed by atoms with van der Waals surface area (Å²) in [6.07, 6.45) is 8.88. The first-order valence-corrected chi connectivity index (χ1v) is 10.1. The summed E-state index contributed by atoms with van der Waals surface area (Å²) in [4.78, 5) is 1.41. The molecule has 110 valence electrons. The normalized spacial score (nSPS) is 30.0. The average Bonchev–Trinajstić information content (AvgIpc) is 2.48. The highest BCUT2D eigenvalue weighted by Crippen LogP contribution is 2.38. The van der Waals surface area contributed by atoms with Crippen LogP contribution in [0, 0.1) is 0 Å². The van der Waals surface area contributed by atoms with E-state index in [-0.39, 0.29) is 0 Å². The molecule has 4 heteroatoms. The molecule has 1 aromatic rings. The van der Waals surface area contributed by atoms with Crippen LogP contribution in [0.1, 0.15) is 43.7 Å². The van der Waals surface area contributed by atoms with Crippen molar-refractivity contribution in [2.24, 2.45) is 0 Å². The van der Waals surface area contributed by atoms with E-state index in [0.29, 0.717) is 12.1 Å². The van der Waals surface area contributed by atoms with Crippen molar-refractivity contribution in [3.63, 3.8) is 0 Å². The molecule has 0 radical (unpaired) electrons. The van der Waals surface area contributed by atoms with Gasteiger partial charge in [0.05, 0.1) is 0 Å². The molecule has 0 aromatic heterocycles. The number of hydrogen-bond donors (Lipinski definition) is 1. The van der Waals surface area contributed by atoms with Crippen molar-refractivity contribution in [2.75, 3.05) is 12.0 Å². The minimum atomic E-state index is 0.496. The molecule has 1 aromatic carbocycles. The first-order chi connectivity index (χ1) is 9.76. The largest absolute Gasteiger partial charge is 0.307 e. The zero-order valence-corrected chi connectivity index (χ0v) is 14.3. The molecular weight excluding hydrogens is 306 g/mol. The lowest BCUT2D eigenvalue weighted by molar-refractivity contribution is 0.337. The Balaban J connectivity index is 1.71. The van der Waals surface area contributed by atoms with Crippen molar-refractivity contribution in [1.82, 2.24) is 5.32 Å². The fourth-order valence-electron chi connectivity index (χ4n) is 3.33. The number of hydrogen-bond acceptors (Lipinski definition) is 3. The third kappa shape index (κ3) is 3.49. The summed E-state index contributed by atoms with van der Waals surface area (Å²) in [5.41, 5.74) is 1.42. The van der Waals surface area contributed by atoms with E-state index in [9.17, 15) is 0 Å². The van der Waals surface area contributed by atoms with E-state index < -0.39 is 0 Å². The van der Waals surface area contributed by atoms with Gasteiger partial charge in [-0.3, -0.25) is 0 Å². The molecule has 1 saturated carbocycles.